The van der Waals surface area contributed by atoms with Crippen LogP contribution < -0.4 is 0 Å². The lowest BCUT2D eigenvalue weighted by atomic mass is 10.0. The highest BCUT2D eigenvalue weighted by molar-refractivity contribution is 5.96. The molecule has 0 bridgehead atoms. The van der Waals surface area contributed by atoms with Gasteiger partial charge in [0.1, 0.15) is 30.0 Å². The summed E-state index contributed by atoms with van der Waals surface area (Å²) in [6.07, 6.45) is 5.42. The third-order valence-corrected chi connectivity index (χ3v) is 5.36. The smallest absolute Gasteiger partial charge is 0.187 e. The van der Waals surface area contributed by atoms with Crippen molar-refractivity contribution in [2.75, 3.05) is 0 Å². The molecule has 3 heterocycles. The third kappa shape index (κ3) is 3.20. The van der Waals surface area contributed by atoms with Crippen LogP contribution in [0.25, 0.3) is 11.4 Å². The van der Waals surface area contributed by atoms with Crippen LogP contribution in [0, 0.1) is 11.6 Å². The van der Waals surface area contributed by atoms with E-state index >= 15 is 0 Å². The van der Waals surface area contributed by atoms with Crippen molar-refractivity contribution < 1.29 is 13.6 Å². The second-order valence-corrected chi connectivity index (χ2v) is 7.27. The molecule has 1 aliphatic heterocycles. The first-order valence-electron chi connectivity index (χ1n) is 9.63. The Balaban J connectivity index is 1.53. The van der Waals surface area contributed by atoms with Crippen LogP contribution in [-0.2, 0) is 19.3 Å². The fraction of sp³-hybridized carbons (Fsp3) is 0.182. The van der Waals surface area contributed by atoms with Crippen molar-refractivity contribution in [2.24, 2.45) is 0 Å². The number of aromatic nitrogens is 5. The van der Waals surface area contributed by atoms with Gasteiger partial charge in [-0.05, 0) is 55.2 Å². The molecular formula is C22H17F2N5O. The van der Waals surface area contributed by atoms with Crippen molar-refractivity contribution in [1.82, 2.24) is 24.5 Å². The summed E-state index contributed by atoms with van der Waals surface area (Å²) in [6.45, 7) is 0. The predicted octanol–water partition coefficient (Wildman–Crippen LogP) is 3.65. The Morgan fingerprint density at radius 2 is 1.77 bits per heavy atom. The SMILES string of the molecule is O=C(Cc1c(F)cccc1F)c1cc2n(n1)-c1cc(-n3cnnc3)ccc1CCC2. The predicted molar refractivity (Wildman–Crippen MR) is 105 cm³/mol. The fourth-order valence-corrected chi connectivity index (χ4v) is 3.81. The Hall–Kier alpha value is -3.68. The van der Waals surface area contributed by atoms with E-state index in [-0.39, 0.29) is 17.7 Å². The molecule has 0 N–H and O–H groups in total. The molecule has 0 saturated carbocycles. The third-order valence-electron chi connectivity index (χ3n) is 5.36. The van der Waals surface area contributed by atoms with Gasteiger partial charge in [-0.3, -0.25) is 9.36 Å². The van der Waals surface area contributed by atoms with Crippen LogP contribution in [0.15, 0.2) is 55.1 Å². The number of rotatable bonds is 4. The first-order chi connectivity index (χ1) is 14.6. The van der Waals surface area contributed by atoms with Gasteiger partial charge in [-0.1, -0.05) is 12.1 Å². The summed E-state index contributed by atoms with van der Waals surface area (Å²) in [5.74, 6) is -1.88. The van der Waals surface area contributed by atoms with Crippen LogP contribution in [-0.4, -0.2) is 30.3 Å². The number of halogens is 2. The molecule has 8 heteroatoms. The van der Waals surface area contributed by atoms with E-state index in [1.54, 1.807) is 28.0 Å². The van der Waals surface area contributed by atoms with Crippen LogP contribution in [0.5, 0.6) is 0 Å². The van der Waals surface area contributed by atoms with E-state index in [4.69, 9.17) is 0 Å². The molecule has 2 aromatic heterocycles. The standard InChI is InChI=1S/C22H17F2N5O/c23-18-5-2-6-19(24)17(18)11-22(30)20-9-16-4-1-3-14-7-8-15(28-12-25-26-13-28)10-21(14)29(16)27-20/h2,5-10,12-13H,1,3-4,11H2. The zero-order chi connectivity index (χ0) is 20.7. The zero-order valence-electron chi connectivity index (χ0n) is 15.9. The van der Waals surface area contributed by atoms with Gasteiger partial charge in [0.15, 0.2) is 5.78 Å². The van der Waals surface area contributed by atoms with Gasteiger partial charge in [-0.2, -0.15) is 5.10 Å². The summed E-state index contributed by atoms with van der Waals surface area (Å²) in [5.41, 5.74) is 3.74. The first kappa shape index (κ1) is 18.4. The number of hydrogen-bond donors (Lipinski definition) is 0. The van der Waals surface area contributed by atoms with Gasteiger partial charge in [-0.15, -0.1) is 10.2 Å². The zero-order valence-corrected chi connectivity index (χ0v) is 15.9. The maximum absolute atomic E-state index is 14.0. The lowest BCUT2D eigenvalue weighted by molar-refractivity contribution is 0.0985. The van der Waals surface area contributed by atoms with Gasteiger partial charge in [0.05, 0.1) is 11.4 Å². The van der Waals surface area contributed by atoms with Crippen molar-refractivity contribution in [3.63, 3.8) is 0 Å². The lowest BCUT2D eigenvalue weighted by Gasteiger charge is -2.11. The molecule has 6 nitrogen and oxygen atoms in total. The summed E-state index contributed by atoms with van der Waals surface area (Å²) in [7, 11) is 0. The Bertz CT molecular complexity index is 1230. The molecule has 2 aromatic carbocycles. The number of Topliss-reactive ketones (excluding diaryl/α,β-unsaturated/α-hetero) is 1. The van der Waals surface area contributed by atoms with Crippen molar-refractivity contribution in [1.29, 1.82) is 0 Å². The highest BCUT2D eigenvalue weighted by Crippen LogP contribution is 2.27. The number of ketones is 1. The second kappa shape index (κ2) is 7.29. The van der Waals surface area contributed by atoms with Crippen LogP contribution in [0.2, 0.25) is 0 Å². The van der Waals surface area contributed by atoms with Gasteiger partial charge >= 0.3 is 0 Å². The Morgan fingerprint density at radius 1 is 1.00 bits per heavy atom. The molecule has 0 fully saturated rings. The molecule has 0 radical (unpaired) electrons. The van der Waals surface area contributed by atoms with E-state index < -0.39 is 17.4 Å². The van der Waals surface area contributed by atoms with Gasteiger partial charge in [0, 0.05) is 17.7 Å². The number of fused-ring (bicyclic) bond motifs is 3. The summed E-state index contributed by atoms with van der Waals surface area (Å²) < 4.78 is 31.5. The molecule has 0 saturated heterocycles. The molecule has 30 heavy (non-hydrogen) atoms. The Kier molecular flexibility index (Phi) is 4.46. The average molecular weight is 405 g/mol. The van der Waals surface area contributed by atoms with Crippen molar-refractivity contribution in [3.05, 3.63) is 89.3 Å². The van der Waals surface area contributed by atoms with Crippen molar-refractivity contribution >= 4 is 5.78 Å². The van der Waals surface area contributed by atoms with Crippen molar-refractivity contribution in [2.45, 2.75) is 25.7 Å². The van der Waals surface area contributed by atoms with E-state index in [1.807, 2.05) is 18.2 Å². The number of carbonyl (C=O) groups excluding carboxylic acids is 1. The molecular weight excluding hydrogens is 388 g/mol. The van der Waals surface area contributed by atoms with Crippen LogP contribution in [0.1, 0.15) is 33.7 Å². The molecule has 0 unspecified atom stereocenters. The minimum Gasteiger partial charge on any atom is -0.292 e. The van der Waals surface area contributed by atoms with Crippen LogP contribution in [0.4, 0.5) is 8.78 Å². The molecule has 4 aromatic rings. The maximum atomic E-state index is 14.0. The molecule has 0 aliphatic carbocycles. The summed E-state index contributed by atoms with van der Waals surface area (Å²) in [6, 6.07) is 11.3. The van der Waals surface area contributed by atoms with Gasteiger partial charge in [0.25, 0.3) is 0 Å². The molecule has 0 spiro atoms. The Labute approximate surface area is 170 Å². The molecule has 150 valence electrons. The normalized spacial score (nSPS) is 12.9. The molecule has 1 aliphatic rings. The molecule has 0 amide bonds. The van der Waals surface area contributed by atoms with E-state index in [2.05, 4.69) is 15.3 Å². The van der Waals surface area contributed by atoms with E-state index in [1.165, 1.54) is 6.07 Å². The van der Waals surface area contributed by atoms with E-state index in [9.17, 15) is 13.6 Å². The molecule has 5 rings (SSSR count). The van der Waals surface area contributed by atoms with E-state index in [0.29, 0.717) is 0 Å². The van der Waals surface area contributed by atoms with Gasteiger partial charge < -0.3 is 0 Å². The number of hydrogen-bond acceptors (Lipinski definition) is 4. The number of aryl methyl sites for hydroxylation is 2. The second-order valence-electron chi connectivity index (χ2n) is 7.27. The summed E-state index contributed by atoms with van der Waals surface area (Å²) in [5, 5.41) is 12.2. The van der Waals surface area contributed by atoms with Crippen LogP contribution in [0.3, 0.4) is 0 Å². The minimum atomic E-state index is -0.729. The maximum Gasteiger partial charge on any atom is 0.187 e. The largest absolute Gasteiger partial charge is 0.292 e. The topological polar surface area (TPSA) is 65.6 Å². The van der Waals surface area contributed by atoms with Crippen molar-refractivity contribution in [3.8, 4) is 11.4 Å². The average Bonchev–Trinajstić information content (AvgIpc) is 3.39. The van der Waals surface area contributed by atoms with Crippen LogP contribution >= 0.6 is 0 Å². The van der Waals surface area contributed by atoms with Gasteiger partial charge in [0.2, 0.25) is 0 Å². The summed E-state index contributed by atoms with van der Waals surface area (Å²) >= 11 is 0. The lowest BCUT2D eigenvalue weighted by Crippen LogP contribution is -2.09. The highest BCUT2D eigenvalue weighted by atomic mass is 19.1. The summed E-state index contributed by atoms with van der Waals surface area (Å²) in [4.78, 5) is 12.8. The monoisotopic (exact) mass is 405 g/mol. The van der Waals surface area contributed by atoms with E-state index in [0.717, 1.165) is 54.0 Å². The highest BCUT2D eigenvalue weighted by Gasteiger charge is 2.22. The first-order valence-corrected chi connectivity index (χ1v) is 9.63. The quantitative estimate of drug-likeness (QED) is 0.486. The Morgan fingerprint density at radius 3 is 2.53 bits per heavy atom. The minimum absolute atomic E-state index is 0.204. The molecule has 0 atom stereocenters. The van der Waals surface area contributed by atoms with Gasteiger partial charge in [-0.25, -0.2) is 13.5 Å². The number of benzene rings is 2. The number of nitrogens with zero attached hydrogens (tertiary/aromatic N) is 5. The number of carbonyl (C=O) groups is 1. The fourth-order valence-electron chi connectivity index (χ4n) is 3.81.